The van der Waals surface area contributed by atoms with Gasteiger partial charge in [-0.3, -0.25) is 14.4 Å². The van der Waals surface area contributed by atoms with Crippen LogP contribution in [0, 0.1) is 12.3 Å². The summed E-state index contributed by atoms with van der Waals surface area (Å²) >= 11 is 0. The number of carbonyl (C=O) groups excluding carboxylic acids is 2. The van der Waals surface area contributed by atoms with Crippen LogP contribution in [-0.2, 0) is 9.59 Å². The smallest absolute Gasteiger partial charge is 0.322 e. The molecule has 2 amide bonds. The lowest BCUT2D eigenvalue weighted by Crippen LogP contribution is -2.31. The maximum Gasteiger partial charge on any atom is 0.322 e. The number of carboxylic acid groups (broad SMARTS) is 1. The van der Waals surface area contributed by atoms with E-state index in [4.69, 9.17) is 11.5 Å². The number of carbonyl (C=O) groups is 3. The molecule has 1 aromatic rings. The van der Waals surface area contributed by atoms with Gasteiger partial charge in [-0.15, -0.1) is 6.42 Å². The molecule has 0 bridgehead atoms. The number of amides is 2. The molecule has 0 aromatic heterocycles. The molecule has 0 radical (unpaired) electrons. The Bertz CT molecular complexity index is 889. The molecule has 148 valence electrons. The summed E-state index contributed by atoms with van der Waals surface area (Å²) in [5, 5.41) is 24.3. The third kappa shape index (κ3) is 5.48. The van der Waals surface area contributed by atoms with E-state index >= 15 is 0 Å². The van der Waals surface area contributed by atoms with E-state index in [0.29, 0.717) is 16.7 Å². The first-order valence-corrected chi connectivity index (χ1v) is 8.61. The van der Waals surface area contributed by atoms with Crippen molar-refractivity contribution < 1.29 is 24.6 Å². The van der Waals surface area contributed by atoms with E-state index in [9.17, 15) is 19.5 Å². The van der Waals surface area contributed by atoms with E-state index < -0.39 is 29.8 Å². The highest BCUT2D eigenvalue weighted by atomic mass is 16.4. The third-order valence-electron chi connectivity index (χ3n) is 3.82. The van der Waals surface area contributed by atoms with Crippen molar-refractivity contribution in [3.05, 3.63) is 46.5 Å². The minimum absolute atomic E-state index is 0.0953. The molecule has 0 spiro atoms. The quantitative estimate of drug-likeness (QED) is 0.327. The molecule has 7 nitrogen and oxygen atoms in total. The highest BCUT2D eigenvalue weighted by Gasteiger charge is 2.22. The topological polar surface area (TPSA) is 116 Å². The van der Waals surface area contributed by atoms with Gasteiger partial charge in [-0.1, -0.05) is 24.1 Å². The van der Waals surface area contributed by atoms with Gasteiger partial charge in [-0.25, -0.2) is 0 Å². The van der Waals surface area contributed by atoms with Crippen molar-refractivity contribution in [3.63, 3.8) is 0 Å². The Kier molecular flexibility index (Phi) is 8.02. The van der Waals surface area contributed by atoms with Crippen LogP contribution in [-0.4, -0.2) is 40.6 Å². The third-order valence-corrected chi connectivity index (χ3v) is 3.82. The fourth-order valence-corrected chi connectivity index (χ4v) is 2.47. The monoisotopic (exact) mass is 384 g/mol. The minimum atomic E-state index is -1.25. The average Bonchev–Trinajstić information content (AvgIpc) is 2.64. The molecule has 7 heteroatoms. The minimum Gasteiger partial charge on any atom is -0.506 e. The average molecular weight is 384 g/mol. The van der Waals surface area contributed by atoms with Gasteiger partial charge in [0.05, 0.1) is 0 Å². The van der Waals surface area contributed by atoms with Gasteiger partial charge >= 0.3 is 5.97 Å². The lowest BCUT2D eigenvalue weighted by atomic mass is 9.91. The van der Waals surface area contributed by atoms with Crippen LogP contribution in [0.2, 0.25) is 0 Å². The molecule has 0 aliphatic heterocycles. The van der Waals surface area contributed by atoms with E-state index in [1.54, 1.807) is 32.1 Å². The van der Waals surface area contributed by atoms with E-state index in [0.717, 1.165) is 0 Å². The van der Waals surface area contributed by atoms with Crippen molar-refractivity contribution in [2.45, 2.75) is 33.7 Å². The number of allylic oxidation sites excluding steroid dienone is 2. The van der Waals surface area contributed by atoms with Crippen molar-refractivity contribution in [3.8, 4) is 12.3 Å². The number of aliphatic hydroxyl groups excluding tert-OH is 1. The second-order valence-electron chi connectivity index (χ2n) is 6.27. The SMILES string of the molecule is C#C/C(C(=O)NCC(=O)O)=C(/O)c1cccc(C(=O)NC(C)C)c1/C(C)=C\C. The number of aliphatic carboxylic acids is 1. The van der Waals surface area contributed by atoms with Gasteiger partial charge in [-0.2, -0.15) is 0 Å². The summed E-state index contributed by atoms with van der Waals surface area (Å²) in [5.41, 5.74) is 1.21. The number of carboxylic acids is 1. The zero-order valence-electron chi connectivity index (χ0n) is 16.3. The molecule has 0 atom stereocenters. The van der Waals surface area contributed by atoms with Crippen molar-refractivity contribution in [1.82, 2.24) is 10.6 Å². The normalized spacial score (nSPS) is 12.1. The Hall–Kier alpha value is -3.53. The number of aliphatic hydroxyl groups is 1. The second-order valence-corrected chi connectivity index (χ2v) is 6.27. The molecule has 4 N–H and O–H groups in total. The summed E-state index contributed by atoms with van der Waals surface area (Å²) in [6.07, 6.45) is 7.13. The molecule has 0 saturated heterocycles. The lowest BCUT2D eigenvalue weighted by molar-refractivity contribution is -0.137. The summed E-state index contributed by atoms with van der Waals surface area (Å²) in [5.74, 6) is -0.902. The first-order chi connectivity index (χ1) is 13.1. The van der Waals surface area contributed by atoms with Gasteiger partial charge < -0.3 is 20.8 Å². The molecule has 0 aliphatic carbocycles. The highest BCUT2D eigenvalue weighted by Crippen LogP contribution is 2.29. The number of terminal acetylenes is 1. The maximum absolute atomic E-state index is 12.6. The van der Waals surface area contributed by atoms with Gasteiger partial charge in [0.1, 0.15) is 17.9 Å². The zero-order chi connectivity index (χ0) is 21.4. The van der Waals surface area contributed by atoms with Gasteiger partial charge in [0.2, 0.25) is 0 Å². The van der Waals surface area contributed by atoms with Crippen LogP contribution in [0.15, 0.2) is 29.8 Å². The summed E-state index contributed by atoms with van der Waals surface area (Å²) in [6.45, 7) is 6.54. The highest BCUT2D eigenvalue weighted by molar-refractivity contribution is 6.07. The number of nitrogens with one attached hydrogen (secondary N) is 2. The van der Waals surface area contributed by atoms with Gasteiger partial charge in [0.15, 0.2) is 0 Å². The van der Waals surface area contributed by atoms with E-state index in [2.05, 4.69) is 16.6 Å². The van der Waals surface area contributed by atoms with Gasteiger partial charge in [0.25, 0.3) is 11.8 Å². The van der Waals surface area contributed by atoms with Crippen molar-refractivity contribution in [1.29, 1.82) is 0 Å². The summed E-state index contributed by atoms with van der Waals surface area (Å²) < 4.78 is 0. The molecular formula is C21H24N2O5. The van der Waals surface area contributed by atoms with Crippen LogP contribution in [0.4, 0.5) is 0 Å². The summed E-state index contributed by atoms with van der Waals surface area (Å²) in [6, 6.07) is 4.61. The maximum atomic E-state index is 12.6. The van der Waals surface area contributed by atoms with Crippen LogP contribution in [0.5, 0.6) is 0 Å². The van der Waals surface area contributed by atoms with Crippen molar-refractivity contribution in [2.75, 3.05) is 6.54 Å². The van der Waals surface area contributed by atoms with Crippen LogP contribution in [0.25, 0.3) is 11.3 Å². The van der Waals surface area contributed by atoms with Crippen LogP contribution in [0.1, 0.15) is 49.2 Å². The van der Waals surface area contributed by atoms with E-state index in [-0.39, 0.29) is 17.5 Å². The van der Waals surface area contributed by atoms with E-state index in [1.807, 2.05) is 13.8 Å². The van der Waals surface area contributed by atoms with Crippen molar-refractivity contribution >= 4 is 29.1 Å². The predicted octanol–water partition coefficient (Wildman–Crippen LogP) is 2.35. The molecule has 0 heterocycles. The Morgan fingerprint density at radius 2 is 1.82 bits per heavy atom. The molecule has 28 heavy (non-hydrogen) atoms. The molecular weight excluding hydrogens is 360 g/mol. The number of hydrogen-bond acceptors (Lipinski definition) is 4. The summed E-state index contributed by atoms with van der Waals surface area (Å²) in [4.78, 5) is 35.4. The number of hydrogen-bond donors (Lipinski definition) is 4. The first kappa shape index (κ1) is 22.5. The first-order valence-electron chi connectivity index (χ1n) is 8.61. The predicted molar refractivity (Wildman–Crippen MR) is 107 cm³/mol. The molecule has 0 unspecified atom stereocenters. The Balaban J connectivity index is 3.62. The summed E-state index contributed by atoms with van der Waals surface area (Å²) in [7, 11) is 0. The van der Waals surface area contributed by atoms with Crippen molar-refractivity contribution in [2.24, 2.45) is 0 Å². The lowest BCUT2D eigenvalue weighted by Gasteiger charge is -2.17. The number of benzene rings is 1. The Labute approximate surface area is 164 Å². The zero-order valence-corrected chi connectivity index (χ0v) is 16.3. The molecule has 0 fully saturated rings. The molecule has 1 aromatic carbocycles. The Morgan fingerprint density at radius 1 is 1.21 bits per heavy atom. The van der Waals surface area contributed by atoms with E-state index in [1.165, 1.54) is 6.07 Å². The Morgan fingerprint density at radius 3 is 2.32 bits per heavy atom. The fourth-order valence-electron chi connectivity index (χ4n) is 2.47. The van der Waals surface area contributed by atoms with Crippen LogP contribution >= 0.6 is 0 Å². The molecule has 0 aliphatic rings. The largest absolute Gasteiger partial charge is 0.506 e. The van der Waals surface area contributed by atoms with Crippen LogP contribution in [0.3, 0.4) is 0 Å². The second kappa shape index (κ2) is 9.97. The molecule has 1 rings (SSSR count). The van der Waals surface area contributed by atoms with Gasteiger partial charge in [-0.05, 0) is 39.3 Å². The standard InChI is InChI=1S/C21H24N2O5/c1-6-13(5)18-15(9-8-10-16(18)21(28)23-12(3)4)19(26)14(7-2)20(27)22-11-17(24)25/h2,6,8-10,12,26H,11H2,1,3-5H3,(H,22,27)(H,23,28)(H,24,25)/b13-6-,19-14-. The fraction of sp³-hybridized carbons (Fsp3) is 0.286. The molecule has 0 saturated carbocycles. The van der Waals surface area contributed by atoms with Crippen LogP contribution < -0.4 is 10.6 Å². The van der Waals surface area contributed by atoms with Gasteiger partial charge in [0, 0.05) is 22.7 Å². The number of rotatable bonds is 7.